The number of hydrogen-bond acceptors (Lipinski definition) is 2. The first kappa shape index (κ1) is 15.5. The third kappa shape index (κ3) is 2.63. The molecule has 0 aliphatic rings. The largest absolute Gasteiger partial charge is 0.417 e. The number of nitrogens with zero attached hydrogens (tertiary/aromatic N) is 1. The van der Waals surface area contributed by atoms with Crippen LogP contribution in [0.15, 0.2) is 15.3 Å². The number of aromatic amines is 1. The second-order valence-corrected chi connectivity index (χ2v) is 6.48. The predicted molar refractivity (Wildman–Crippen MR) is 77.1 cm³/mol. The minimum Gasteiger partial charge on any atom is -0.310 e. The Hall–Kier alpha value is -0.890. The van der Waals surface area contributed by atoms with Crippen molar-refractivity contribution in [3.8, 4) is 0 Å². The minimum atomic E-state index is -4.54. The van der Waals surface area contributed by atoms with Crippen LogP contribution in [0, 0.1) is 6.92 Å². The Morgan fingerprint density at radius 1 is 1.40 bits per heavy atom. The Morgan fingerprint density at radius 2 is 2.00 bits per heavy atom. The predicted octanol–water partition coefficient (Wildman–Crippen LogP) is 4.47. The van der Waals surface area contributed by atoms with E-state index in [4.69, 9.17) is 0 Å². The molecule has 1 unspecified atom stereocenters. The fourth-order valence-electron chi connectivity index (χ4n) is 1.97. The number of fused-ring (bicyclic) bond motifs is 1. The van der Waals surface area contributed by atoms with Crippen LogP contribution in [0.25, 0.3) is 10.9 Å². The van der Waals surface area contributed by atoms with Crippen molar-refractivity contribution in [2.75, 3.05) is 0 Å². The highest BCUT2D eigenvalue weighted by Gasteiger charge is 2.38. The Bertz CT molecular complexity index is 738. The second-order valence-electron chi connectivity index (χ2n) is 4.32. The van der Waals surface area contributed by atoms with Gasteiger partial charge in [0.15, 0.2) is 0 Å². The molecule has 2 aromatic rings. The Morgan fingerprint density at radius 3 is 2.50 bits per heavy atom. The van der Waals surface area contributed by atoms with Crippen LogP contribution in [0.1, 0.15) is 28.7 Å². The van der Waals surface area contributed by atoms with E-state index in [1.54, 1.807) is 6.92 Å². The van der Waals surface area contributed by atoms with E-state index in [1.807, 2.05) is 0 Å². The number of halogens is 5. The van der Waals surface area contributed by atoms with Crippen molar-refractivity contribution in [1.82, 2.24) is 9.97 Å². The fourth-order valence-corrected chi connectivity index (χ4v) is 3.09. The molecule has 0 aliphatic heterocycles. The molecule has 108 valence electrons. The SMILES string of the molecule is Cc1nc2c(Br)c(C(F)(F)F)c(C(C)Br)cc2c(=O)[nH]1. The van der Waals surface area contributed by atoms with E-state index in [2.05, 4.69) is 41.8 Å². The quantitative estimate of drug-likeness (QED) is 0.701. The van der Waals surface area contributed by atoms with Crippen LogP contribution < -0.4 is 5.56 Å². The van der Waals surface area contributed by atoms with Crippen LogP contribution in [0.3, 0.4) is 0 Å². The zero-order valence-corrected chi connectivity index (χ0v) is 13.6. The maximum atomic E-state index is 13.2. The molecule has 1 N–H and O–H groups in total. The number of rotatable bonds is 1. The monoisotopic (exact) mass is 412 g/mol. The highest BCUT2D eigenvalue weighted by atomic mass is 79.9. The zero-order chi connectivity index (χ0) is 15.2. The summed E-state index contributed by atoms with van der Waals surface area (Å²) in [5, 5.41) is 0.122. The summed E-state index contributed by atoms with van der Waals surface area (Å²) in [6.07, 6.45) is -4.54. The molecule has 0 amide bonds. The van der Waals surface area contributed by atoms with E-state index in [1.165, 1.54) is 13.0 Å². The van der Waals surface area contributed by atoms with Crippen molar-refractivity contribution in [2.24, 2.45) is 0 Å². The van der Waals surface area contributed by atoms with E-state index in [9.17, 15) is 18.0 Å². The topological polar surface area (TPSA) is 45.8 Å². The van der Waals surface area contributed by atoms with Crippen molar-refractivity contribution in [3.63, 3.8) is 0 Å². The summed E-state index contributed by atoms with van der Waals surface area (Å²) >= 11 is 6.08. The molecule has 0 spiro atoms. The summed E-state index contributed by atoms with van der Waals surface area (Å²) in [4.78, 5) is 17.8. The Kier molecular flexibility index (Phi) is 3.98. The molecule has 8 heteroatoms. The van der Waals surface area contributed by atoms with Gasteiger partial charge in [0.25, 0.3) is 5.56 Å². The molecule has 0 bridgehead atoms. The van der Waals surface area contributed by atoms with Gasteiger partial charge in [0.2, 0.25) is 0 Å². The van der Waals surface area contributed by atoms with Crippen molar-refractivity contribution in [1.29, 1.82) is 0 Å². The molecule has 0 saturated carbocycles. The summed E-state index contributed by atoms with van der Waals surface area (Å²) < 4.78 is 39.5. The van der Waals surface area contributed by atoms with Crippen LogP contribution in [0.4, 0.5) is 13.2 Å². The number of benzene rings is 1. The molecular weight excluding hydrogens is 405 g/mol. The molecule has 0 saturated heterocycles. The van der Waals surface area contributed by atoms with Gasteiger partial charge in [-0.2, -0.15) is 13.2 Å². The summed E-state index contributed by atoms with van der Waals surface area (Å²) in [7, 11) is 0. The van der Waals surface area contributed by atoms with E-state index >= 15 is 0 Å². The summed E-state index contributed by atoms with van der Waals surface area (Å²) in [5.41, 5.74) is -1.27. The average Bonchev–Trinajstić information content (AvgIpc) is 2.27. The molecule has 20 heavy (non-hydrogen) atoms. The highest BCUT2D eigenvalue weighted by Crippen LogP contribution is 2.43. The normalized spacial score (nSPS) is 13.8. The molecular formula is C12H9Br2F3N2O. The molecule has 1 aromatic carbocycles. The van der Waals surface area contributed by atoms with Gasteiger partial charge in [0.1, 0.15) is 5.82 Å². The van der Waals surface area contributed by atoms with Crippen LogP contribution in [-0.2, 0) is 6.18 Å². The lowest BCUT2D eigenvalue weighted by molar-refractivity contribution is -0.138. The minimum absolute atomic E-state index is 0.00646. The molecule has 2 rings (SSSR count). The van der Waals surface area contributed by atoms with Crippen LogP contribution >= 0.6 is 31.9 Å². The third-order valence-corrected chi connectivity index (χ3v) is 4.07. The number of nitrogens with one attached hydrogen (secondary N) is 1. The Labute approximate surface area is 128 Å². The van der Waals surface area contributed by atoms with E-state index in [-0.39, 0.29) is 26.8 Å². The van der Waals surface area contributed by atoms with Gasteiger partial charge in [-0.25, -0.2) is 4.98 Å². The lowest BCUT2D eigenvalue weighted by atomic mass is 10.0. The van der Waals surface area contributed by atoms with Gasteiger partial charge in [-0.05, 0) is 41.4 Å². The van der Waals surface area contributed by atoms with Gasteiger partial charge in [0.05, 0.1) is 20.9 Å². The van der Waals surface area contributed by atoms with Gasteiger partial charge in [-0.1, -0.05) is 15.9 Å². The third-order valence-electron chi connectivity index (χ3n) is 2.80. The first-order valence-corrected chi connectivity index (χ1v) is 7.28. The van der Waals surface area contributed by atoms with Gasteiger partial charge in [-0.15, -0.1) is 0 Å². The standard InChI is InChI=1S/C12H9Br2F3N2O/c1-4(13)6-3-7-10(18-5(2)19-11(7)20)9(14)8(6)12(15,16)17/h3-4H,1-2H3,(H,18,19,20). The number of H-pyrrole nitrogens is 1. The smallest absolute Gasteiger partial charge is 0.310 e. The molecule has 1 atom stereocenters. The molecule has 0 radical (unpaired) electrons. The van der Waals surface area contributed by atoms with Gasteiger partial charge in [-0.3, -0.25) is 4.79 Å². The van der Waals surface area contributed by atoms with E-state index in [0.717, 1.165) is 0 Å². The second kappa shape index (κ2) is 5.14. The fraction of sp³-hybridized carbons (Fsp3) is 0.333. The lowest BCUT2D eigenvalue weighted by Crippen LogP contribution is -2.16. The molecule has 0 fully saturated rings. The van der Waals surface area contributed by atoms with E-state index < -0.39 is 22.1 Å². The van der Waals surface area contributed by atoms with Gasteiger partial charge in [0, 0.05) is 4.83 Å². The summed E-state index contributed by atoms with van der Waals surface area (Å²) in [6, 6.07) is 1.23. The van der Waals surface area contributed by atoms with Crippen molar-refractivity contribution < 1.29 is 13.2 Å². The summed E-state index contributed by atoms with van der Waals surface area (Å²) in [6.45, 7) is 3.08. The molecule has 1 aromatic heterocycles. The molecule has 1 heterocycles. The number of aryl methyl sites for hydroxylation is 1. The van der Waals surface area contributed by atoms with Crippen molar-refractivity contribution in [3.05, 3.63) is 37.8 Å². The van der Waals surface area contributed by atoms with Crippen LogP contribution in [0.2, 0.25) is 0 Å². The maximum Gasteiger partial charge on any atom is 0.417 e. The first-order valence-electron chi connectivity index (χ1n) is 5.57. The first-order chi connectivity index (χ1) is 9.12. The van der Waals surface area contributed by atoms with Crippen LogP contribution in [0.5, 0.6) is 0 Å². The zero-order valence-electron chi connectivity index (χ0n) is 10.4. The number of aromatic nitrogens is 2. The highest BCUT2D eigenvalue weighted by molar-refractivity contribution is 9.10. The number of alkyl halides is 4. The lowest BCUT2D eigenvalue weighted by Gasteiger charge is -2.18. The van der Waals surface area contributed by atoms with Gasteiger partial charge >= 0.3 is 6.18 Å². The van der Waals surface area contributed by atoms with Crippen molar-refractivity contribution >= 4 is 42.8 Å². The van der Waals surface area contributed by atoms with Gasteiger partial charge < -0.3 is 4.98 Å². The summed E-state index contributed by atoms with van der Waals surface area (Å²) in [5.74, 6) is 0.260. The average molecular weight is 414 g/mol. The van der Waals surface area contributed by atoms with Crippen LogP contribution in [-0.4, -0.2) is 9.97 Å². The molecule has 0 aliphatic carbocycles. The Balaban J connectivity index is 3.02. The molecule has 3 nitrogen and oxygen atoms in total. The van der Waals surface area contributed by atoms with E-state index in [0.29, 0.717) is 0 Å². The number of hydrogen-bond donors (Lipinski definition) is 1. The maximum absolute atomic E-state index is 13.2. The van der Waals surface area contributed by atoms with Crippen molar-refractivity contribution in [2.45, 2.75) is 24.9 Å².